The maximum Gasteiger partial charge on any atom is 0.227 e. The van der Waals surface area contributed by atoms with E-state index < -0.39 is 0 Å². The highest BCUT2D eigenvalue weighted by Crippen LogP contribution is 2.15. The standard InChI is InChI=1S/C9H8N6/c1-15-8(5-10)7(6-13-15)14-9-11-3-2-4-12-9/h2-4,6H,1H3,(H,11,12,14). The zero-order chi connectivity index (χ0) is 10.7. The lowest BCUT2D eigenvalue weighted by atomic mass is 10.4. The lowest BCUT2D eigenvalue weighted by Gasteiger charge is -2.00. The van der Waals surface area contributed by atoms with Gasteiger partial charge in [-0.15, -0.1) is 0 Å². The molecule has 2 aromatic rings. The molecule has 6 nitrogen and oxygen atoms in total. The molecule has 0 spiro atoms. The first kappa shape index (κ1) is 9.15. The Morgan fingerprint density at radius 3 is 2.80 bits per heavy atom. The van der Waals surface area contributed by atoms with Gasteiger partial charge >= 0.3 is 0 Å². The Balaban J connectivity index is 2.30. The van der Waals surface area contributed by atoms with E-state index >= 15 is 0 Å². The smallest absolute Gasteiger partial charge is 0.227 e. The highest BCUT2D eigenvalue weighted by Gasteiger charge is 2.08. The highest BCUT2D eigenvalue weighted by atomic mass is 15.3. The Labute approximate surface area is 86.2 Å². The molecule has 0 fully saturated rings. The van der Waals surface area contributed by atoms with Gasteiger partial charge in [0.2, 0.25) is 5.95 Å². The number of anilines is 2. The minimum atomic E-state index is 0.446. The van der Waals surface area contributed by atoms with Crippen molar-refractivity contribution in [2.24, 2.45) is 7.05 Å². The second kappa shape index (κ2) is 3.75. The number of hydrogen-bond acceptors (Lipinski definition) is 5. The molecule has 0 aliphatic rings. The molecule has 0 amide bonds. The summed E-state index contributed by atoms with van der Waals surface area (Å²) in [7, 11) is 1.70. The molecule has 2 aromatic heterocycles. The van der Waals surface area contributed by atoms with Crippen molar-refractivity contribution < 1.29 is 0 Å². The van der Waals surface area contributed by atoms with E-state index in [2.05, 4.69) is 20.4 Å². The van der Waals surface area contributed by atoms with Gasteiger partial charge in [0.15, 0.2) is 5.69 Å². The number of aromatic nitrogens is 4. The summed E-state index contributed by atoms with van der Waals surface area (Å²) in [4.78, 5) is 7.98. The van der Waals surface area contributed by atoms with E-state index in [9.17, 15) is 0 Å². The van der Waals surface area contributed by atoms with Crippen LogP contribution in [-0.4, -0.2) is 19.7 Å². The normalized spacial score (nSPS) is 9.60. The molecular weight excluding hydrogens is 192 g/mol. The molecule has 15 heavy (non-hydrogen) atoms. The molecular formula is C9H8N6. The third-order valence-electron chi connectivity index (χ3n) is 1.86. The average Bonchev–Trinajstić information content (AvgIpc) is 2.61. The van der Waals surface area contributed by atoms with Crippen molar-refractivity contribution in [1.82, 2.24) is 19.7 Å². The molecule has 6 heteroatoms. The predicted molar refractivity (Wildman–Crippen MR) is 53.2 cm³/mol. The fourth-order valence-corrected chi connectivity index (χ4v) is 1.15. The van der Waals surface area contributed by atoms with Gasteiger partial charge in [0.05, 0.1) is 11.9 Å². The van der Waals surface area contributed by atoms with Crippen molar-refractivity contribution in [2.45, 2.75) is 0 Å². The predicted octanol–water partition coefficient (Wildman–Crippen LogP) is 0.825. The van der Waals surface area contributed by atoms with E-state index in [1.165, 1.54) is 4.68 Å². The Kier molecular flexibility index (Phi) is 2.29. The molecule has 0 bridgehead atoms. The van der Waals surface area contributed by atoms with Crippen LogP contribution in [0.2, 0.25) is 0 Å². The summed E-state index contributed by atoms with van der Waals surface area (Å²) in [5.74, 6) is 0.446. The van der Waals surface area contributed by atoms with E-state index in [0.29, 0.717) is 17.3 Å². The summed E-state index contributed by atoms with van der Waals surface area (Å²) in [5, 5.41) is 15.8. The van der Waals surface area contributed by atoms with Gasteiger partial charge in [0.25, 0.3) is 0 Å². The first-order valence-electron chi connectivity index (χ1n) is 4.27. The first-order chi connectivity index (χ1) is 7.31. The van der Waals surface area contributed by atoms with Crippen molar-refractivity contribution in [3.8, 4) is 6.07 Å². The van der Waals surface area contributed by atoms with Gasteiger partial charge in [-0.2, -0.15) is 10.4 Å². The van der Waals surface area contributed by atoms with Crippen LogP contribution < -0.4 is 5.32 Å². The molecule has 0 saturated heterocycles. The van der Waals surface area contributed by atoms with Crippen molar-refractivity contribution in [3.05, 3.63) is 30.4 Å². The third-order valence-corrected chi connectivity index (χ3v) is 1.86. The minimum Gasteiger partial charge on any atom is -0.320 e. The Morgan fingerprint density at radius 2 is 2.13 bits per heavy atom. The lowest BCUT2D eigenvalue weighted by Crippen LogP contribution is -1.98. The Morgan fingerprint density at radius 1 is 1.40 bits per heavy atom. The second-order valence-corrected chi connectivity index (χ2v) is 2.84. The van der Waals surface area contributed by atoms with Crippen LogP contribution in [0.15, 0.2) is 24.7 Å². The quantitative estimate of drug-likeness (QED) is 0.776. The number of rotatable bonds is 2. The molecule has 0 saturated carbocycles. The van der Waals surface area contributed by atoms with Gasteiger partial charge in [-0.05, 0) is 6.07 Å². The third kappa shape index (κ3) is 1.76. The van der Waals surface area contributed by atoms with Gasteiger partial charge < -0.3 is 5.32 Å². The highest BCUT2D eigenvalue weighted by molar-refractivity contribution is 5.59. The van der Waals surface area contributed by atoms with Crippen LogP contribution in [-0.2, 0) is 7.05 Å². The Hall–Kier alpha value is -2.42. The zero-order valence-corrected chi connectivity index (χ0v) is 8.05. The lowest BCUT2D eigenvalue weighted by molar-refractivity contribution is 0.756. The maximum absolute atomic E-state index is 8.87. The monoisotopic (exact) mass is 200 g/mol. The van der Waals surface area contributed by atoms with Crippen LogP contribution in [0.5, 0.6) is 0 Å². The largest absolute Gasteiger partial charge is 0.320 e. The van der Waals surface area contributed by atoms with Crippen molar-refractivity contribution in [3.63, 3.8) is 0 Å². The van der Waals surface area contributed by atoms with E-state index in [-0.39, 0.29) is 0 Å². The van der Waals surface area contributed by atoms with E-state index in [1.807, 2.05) is 6.07 Å². The van der Waals surface area contributed by atoms with Crippen LogP contribution >= 0.6 is 0 Å². The molecule has 1 N–H and O–H groups in total. The fraction of sp³-hybridized carbons (Fsp3) is 0.111. The van der Waals surface area contributed by atoms with Crippen molar-refractivity contribution in [1.29, 1.82) is 5.26 Å². The van der Waals surface area contributed by atoms with E-state index in [1.54, 1.807) is 31.7 Å². The SMILES string of the molecule is Cn1ncc(Nc2ncccn2)c1C#N. The van der Waals surface area contributed by atoms with Crippen LogP contribution in [0.4, 0.5) is 11.6 Å². The average molecular weight is 200 g/mol. The first-order valence-corrected chi connectivity index (χ1v) is 4.27. The molecule has 0 aliphatic heterocycles. The molecule has 2 rings (SSSR count). The van der Waals surface area contributed by atoms with Gasteiger partial charge in [-0.25, -0.2) is 9.97 Å². The van der Waals surface area contributed by atoms with Gasteiger partial charge in [-0.1, -0.05) is 0 Å². The van der Waals surface area contributed by atoms with Crippen molar-refractivity contribution in [2.75, 3.05) is 5.32 Å². The minimum absolute atomic E-state index is 0.446. The molecule has 2 heterocycles. The van der Waals surface area contributed by atoms with Crippen LogP contribution in [0.1, 0.15) is 5.69 Å². The zero-order valence-electron chi connectivity index (χ0n) is 8.05. The second-order valence-electron chi connectivity index (χ2n) is 2.84. The summed E-state index contributed by atoms with van der Waals surface area (Å²) in [6.07, 6.45) is 4.81. The van der Waals surface area contributed by atoms with E-state index in [0.717, 1.165) is 0 Å². The number of nitrogens with one attached hydrogen (secondary N) is 1. The summed E-state index contributed by atoms with van der Waals surface area (Å²) in [6, 6.07) is 3.77. The van der Waals surface area contributed by atoms with Gasteiger partial charge in [0, 0.05) is 19.4 Å². The molecule has 74 valence electrons. The molecule has 0 atom stereocenters. The van der Waals surface area contributed by atoms with Crippen LogP contribution in [0.3, 0.4) is 0 Å². The summed E-state index contributed by atoms with van der Waals surface area (Å²) in [6.45, 7) is 0. The summed E-state index contributed by atoms with van der Waals surface area (Å²) >= 11 is 0. The number of hydrogen-bond donors (Lipinski definition) is 1. The van der Waals surface area contributed by atoms with Crippen molar-refractivity contribution >= 4 is 11.6 Å². The molecule has 0 radical (unpaired) electrons. The summed E-state index contributed by atoms with van der Waals surface area (Å²) in [5.41, 5.74) is 1.05. The van der Waals surface area contributed by atoms with Crippen LogP contribution in [0, 0.1) is 11.3 Å². The summed E-state index contributed by atoms with van der Waals surface area (Å²) < 4.78 is 1.49. The van der Waals surface area contributed by atoms with E-state index in [4.69, 9.17) is 5.26 Å². The molecule has 0 aromatic carbocycles. The number of nitriles is 1. The van der Waals surface area contributed by atoms with Crippen LogP contribution in [0.25, 0.3) is 0 Å². The maximum atomic E-state index is 8.87. The molecule has 0 aliphatic carbocycles. The fourth-order valence-electron chi connectivity index (χ4n) is 1.15. The topological polar surface area (TPSA) is 79.4 Å². The number of aryl methyl sites for hydroxylation is 1. The van der Waals surface area contributed by atoms with Gasteiger partial charge in [0.1, 0.15) is 6.07 Å². The van der Waals surface area contributed by atoms with Gasteiger partial charge in [-0.3, -0.25) is 4.68 Å². The molecule has 0 unspecified atom stereocenters. The number of nitrogens with zero attached hydrogens (tertiary/aromatic N) is 5. The Bertz CT molecular complexity index is 495.